The summed E-state index contributed by atoms with van der Waals surface area (Å²) in [6.07, 6.45) is 0.309. The number of hydrogen-bond donors (Lipinski definition) is 3. The van der Waals surface area contributed by atoms with Gasteiger partial charge in [0.05, 0.1) is 20.3 Å². The highest BCUT2D eigenvalue weighted by Gasteiger charge is 2.30. The lowest BCUT2D eigenvalue weighted by Crippen LogP contribution is -2.48. The summed E-state index contributed by atoms with van der Waals surface area (Å²) in [7, 11) is 3.11. The number of carboxylic acid groups (broad SMARTS) is 1. The molecule has 0 saturated heterocycles. The summed E-state index contributed by atoms with van der Waals surface area (Å²) in [5.41, 5.74) is -0.307. The van der Waals surface area contributed by atoms with Gasteiger partial charge in [0.25, 0.3) is 0 Å². The van der Waals surface area contributed by atoms with Crippen LogP contribution in [0, 0.1) is 0 Å². The predicted octanol–water partition coefficient (Wildman–Crippen LogP) is 1.02. The molecule has 0 saturated carbocycles. The van der Waals surface area contributed by atoms with Gasteiger partial charge in [0.1, 0.15) is 5.54 Å². The number of benzene rings is 1. The molecular weight excluding hydrogens is 262 g/mol. The number of nitrogens with one attached hydrogen (secondary N) is 1. The van der Waals surface area contributed by atoms with Crippen LogP contribution in [-0.2, 0) is 11.4 Å². The summed E-state index contributed by atoms with van der Waals surface area (Å²) < 4.78 is 10.7. The van der Waals surface area contributed by atoms with Gasteiger partial charge >= 0.3 is 5.97 Å². The Hall–Kier alpha value is -1.79. The largest absolute Gasteiger partial charge is 0.493 e. The van der Waals surface area contributed by atoms with E-state index in [0.29, 0.717) is 17.9 Å². The van der Waals surface area contributed by atoms with Gasteiger partial charge in [-0.1, -0.05) is 6.07 Å². The van der Waals surface area contributed by atoms with Crippen LogP contribution in [0.2, 0.25) is 0 Å². The van der Waals surface area contributed by atoms with Crippen molar-refractivity contribution in [2.24, 2.45) is 0 Å². The molecule has 0 bridgehead atoms. The van der Waals surface area contributed by atoms with Gasteiger partial charge in [-0.15, -0.1) is 0 Å². The molecule has 1 atom stereocenters. The zero-order valence-electron chi connectivity index (χ0n) is 12.0. The molecule has 3 N–H and O–H groups in total. The molecular formula is C14H21NO5. The van der Waals surface area contributed by atoms with Crippen LogP contribution in [0.5, 0.6) is 11.5 Å². The Kier molecular flexibility index (Phi) is 5.79. The third-order valence-electron chi connectivity index (χ3n) is 3.29. The van der Waals surface area contributed by atoms with E-state index in [-0.39, 0.29) is 13.2 Å². The van der Waals surface area contributed by atoms with E-state index in [1.165, 1.54) is 7.11 Å². The minimum atomic E-state index is -1.03. The van der Waals surface area contributed by atoms with E-state index in [1.54, 1.807) is 32.2 Å². The molecule has 0 aliphatic carbocycles. The molecule has 1 unspecified atom stereocenters. The van der Waals surface area contributed by atoms with Crippen molar-refractivity contribution in [3.8, 4) is 11.5 Å². The monoisotopic (exact) mass is 283 g/mol. The van der Waals surface area contributed by atoms with Crippen LogP contribution >= 0.6 is 0 Å². The zero-order valence-corrected chi connectivity index (χ0v) is 12.0. The number of likely N-dealkylation sites (N-methyl/N-ethyl adjacent to an activating group) is 1. The first-order valence-corrected chi connectivity index (χ1v) is 6.29. The zero-order chi connectivity index (χ0) is 15.2. The highest BCUT2D eigenvalue weighted by atomic mass is 16.5. The van der Waals surface area contributed by atoms with Gasteiger partial charge in [-0.2, -0.15) is 0 Å². The normalized spacial score (nSPS) is 13.6. The predicted molar refractivity (Wildman–Crippen MR) is 74.1 cm³/mol. The van der Waals surface area contributed by atoms with Crippen molar-refractivity contribution in [2.75, 3.05) is 20.8 Å². The maximum atomic E-state index is 11.1. The molecule has 6 heteroatoms. The van der Waals surface area contributed by atoms with Gasteiger partial charge < -0.3 is 25.0 Å². The fourth-order valence-corrected chi connectivity index (χ4v) is 1.63. The van der Waals surface area contributed by atoms with Gasteiger partial charge in [-0.3, -0.25) is 4.79 Å². The van der Waals surface area contributed by atoms with Crippen molar-refractivity contribution in [3.63, 3.8) is 0 Å². The van der Waals surface area contributed by atoms with Gasteiger partial charge in [-0.05, 0) is 31.7 Å². The van der Waals surface area contributed by atoms with Crippen molar-refractivity contribution in [2.45, 2.75) is 25.5 Å². The SMILES string of the molecule is CNC(C)(CCOc1ccc(CO)cc1OC)C(=O)O. The van der Waals surface area contributed by atoms with Crippen molar-refractivity contribution in [1.29, 1.82) is 0 Å². The van der Waals surface area contributed by atoms with E-state index in [0.717, 1.165) is 5.56 Å². The van der Waals surface area contributed by atoms with Gasteiger partial charge in [0, 0.05) is 6.42 Å². The number of ether oxygens (including phenoxy) is 2. The number of hydrogen-bond acceptors (Lipinski definition) is 5. The highest BCUT2D eigenvalue weighted by Crippen LogP contribution is 2.28. The van der Waals surface area contributed by atoms with E-state index in [2.05, 4.69) is 5.32 Å². The van der Waals surface area contributed by atoms with Crippen LogP contribution in [-0.4, -0.2) is 42.5 Å². The summed E-state index contributed by atoms with van der Waals surface area (Å²) in [6.45, 7) is 1.76. The second-order valence-corrected chi connectivity index (χ2v) is 4.63. The standard InChI is InChI=1S/C14H21NO5/c1-14(15-2,13(17)18)6-7-20-11-5-4-10(9-16)8-12(11)19-3/h4-5,8,15-16H,6-7,9H2,1-3H3,(H,17,18). The molecule has 1 aromatic carbocycles. The molecule has 0 heterocycles. The van der Waals surface area contributed by atoms with E-state index in [1.807, 2.05) is 0 Å². The first kappa shape index (κ1) is 16.3. The first-order valence-electron chi connectivity index (χ1n) is 6.29. The molecule has 0 spiro atoms. The lowest BCUT2D eigenvalue weighted by Gasteiger charge is -2.24. The van der Waals surface area contributed by atoms with E-state index < -0.39 is 11.5 Å². The van der Waals surface area contributed by atoms with E-state index in [4.69, 9.17) is 19.7 Å². The third kappa shape index (κ3) is 3.85. The summed E-state index contributed by atoms with van der Waals surface area (Å²) in [4.78, 5) is 11.1. The second kappa shape index (κ2) is 7.12. The fourth-order valence-electron chi connectivity index (χ4n) is 1.63. The summed E-state index contributed by atoms with van der Waals surface area (Å²) in [5, 5.41) is 20.9. The number of methoxy groups -OCH3 is 1. The van der Waals surface area contributed by atoms with Crippen LogP contribution in [0.25, 0.3) is 0 Å². The van der Waals surface area contributed by atoms with Crippen molar-refractivity contribution in [3.05, 3.63) is 23.8 Å². The topological polar surface area (TPSA) is 88.0 Å². The minimum absolute atomic E-state index is 0.0759. The second-order valence-electron chi connectivity index (χ2n) is 4.63. The molecule has 0 aromatic heterocycles. The Morgan fingerprint density at radius 3 is 2.60 bits per heavy atom. The molecule has 1 aromatic rings. The Morgan fingerprint density at radius 2 is 2.10 bits per heavy atom. The van der Waals surface area contributed by atoms with Crippen molar-refractivity contribution < 1.29 is 24.5 Å². The number of aliphatic hydroxyl groups excluding tert-OH is 1. The molecule has 112 valence electrons. The number of rotatable bonds is 8. The number of aliphatic carboxylic acids is 1. The van der Waals surface area contributed by atoms with Crippen LogP contribution < -0.4 is 14.8 Å². The molecule has 0 aliphatic rings. The number of carboxylic acids is 1. The van der Waals surface area contributed by atoms with E-state index >= 15 is 0 Å². The van der Waals surface area contributed by atoms with Gasteiger partial charge in [0.15, 0.2) is 11.5 Å². The molecule has 0 amide bonds. The quantitative estimate of drug-likeness (QED) is 0.660. The van der Waals surface area contributed by atoms with Crippen LogP contribution in [0.1, 0.15) is 18.9 Å². The first-order chi connectivity index (χ1) is 9.46. The molecule has 0 fully saturated rings. The van der Waals surface area contributed by atoms with Crippen LogP contribution in [0.4, 0.5) is 0 Å². The summed E-state index contributed by atoms with van der Waals surface area (Å²) in [5.74, 6) is 0.109. The number of aliphatic hydroxyl groups is 1. The van der Waals surface area contributed by atoms with Crippen LogP contribution in [0.3, 0.4) is 0 Å². The van der Waals surface area contributed by atoms with Gasteiger partial charge in [0.2, 0.25) is 0 Å². The van der Waals surface area contributed by atoms with Crippen molar-refractivity contribution in [1.82, 2.24) is 5.32 Å². The lowest BCUT2D eigenvalue weighted by atomic mass is 9.99. The van der Waals surface area contributed by atoms with Gasteiger partial charge in [-0.25, -0.2) is 0 Å². The van der Waals surface area contributed by atoms with E-state index in [9.17, 15) is 4.79 Å². The highest BCUT2D eigenvalue weighted by molar-refractivity contribution is 5.78. The fraction of sp³-hybridized carbons (Fsp3) is 0.500. The lowest BCUT2D eigenvalue weighted by molar-refractivity contribution is -0.144. The summed E-state index contributed by atoms with van der Waals surface area (Å²) in [6, 6.07) is 5.11. The average molecular weight is 283 g/mol. The maximum Gasteiger partial charge on any atom is 0.323 e. The van der Waals surface area contributed by atoms with Crippen molar-refractivity contribution >= 4 is 5.97 Å². The summed E-state index contributed by atoms with van der Waals surface area (Å²) >= 11 is 0. The van der Waals surface area contributed by atoms with Crippen LogP contribution in [0.15, 0.2) is 18.2 Å². The maximum absolute atomic E-state index is 11.1. The Labute approximate surface area is 118 Å². The Balaban J connectivity index is 2.68. The Morgan fingerprint density at radius 1 is 1.40 bits per heavy atom. The molecule has 1 rings (SSSR count). The smallest absolute Gasteiger partial charge is 0.323 e. The average Bonchev–Trinajstić information content (AvgIpc) is 2.46. The molecule has 20 heavy (non-hydrogen) atoms. The third-order valence-corrected chi connectivity index (χ3v) is 3.29. The molecule has 6 nitrogen and oxygen atoms in total. The minimum Gasteiger partial charge on any atom is -0.493 e. The molecule has 0 radical (unpaired) electrons. The number of carbonyl (C=O) groups is 1. The molecule has 0 aliphatic heterocycles. The Bertz CT molecular complexity index is 463.